The van der Waals surface area contributed by atoms with Crippen LogP contribution in [0.25, 0.3) is 11.1 Å². The van der Waals surface area contributed by atoms with Crippen LogP contribution in [0.3, 0.4) is 0 Å². The quantitative estimate of drug-likeness (QED) is 0.779. The molecule has 1 saturated carbocycles. The lowest BCUT2D eigenvalue weighted by atomic mass is 9.85. The molecule has 0 saturated heterocycles. The molecule has 3 rings (SSSR count). The fourth-order valence-corrected chi connectivity index (χ4v) is 3.75. The van der Waals surface area contributed by atoms with Crippen molar-refractivity contribution in [3.8, 4) is 11.1 Å². The Hall–Kier alpha value is -2.76. The molecule has 0 radical (unpaired) electrons. The van der Waals surface area contributed by atoms with Crippen LogP contribution >= 0.6 is 0 Å². The molecule has 2 unspecified atom stereocenters. The summed E-state index contributed by atoms with van der Waals surface area (Å²) in [6, 6.07) is 10.0. The smallest absolute Gasteiger partial charge is 0.254 e. The Morgan fingerprint density at radius 3 is 2.34 bits per heavy atom. The molecule has 2 aromatic rings. The van der Waals surface area contributed by atoms with Gasteiger partial charge in [0.1, 0.15) is 11.6 Å². The molecule has 1 aliphatic carbocycles. The molecule has 2 amide bonds. The third-order valence-corrected chi connectivity index (χ3v) is 5.20. The van der Waals surface area contributed by atoms with Crippen molar-refractivity contribution in [2.24, 2.45) is 5.92 Å². The van der Waals surface area contributed by atoms with E-state index in [2.05, 4.69) is 10.6 Å². The lowest BCUT2D eigenvalue weighted by Crippen LogP contribution is -2.43. The highest BCUT2D eigenvalue weighted by Crippen LogP contribution is 2.26. The first kappa shape index (κ1) is 21.0. The van der Waals surface area contributed by atoms with Gasteiger partial charge in [0.15, 0.2) is 0 Å². The molecule has 154 valence electrons. The van der Waals surface area contributed by atoms with Crippen molar-refractivity contribution < 1.29 is 18.4 Å². The highest BCUT2D eigenvalue weighted by Gasteiger charge is 2.29. The lowest BCUT2D eigenvalue weighted by Gasteiger charge is -2.29. The number of hydrogen-bond acceptors (Lipinski definition) is 2. The molecule has 0 aromatic heterocycles. The maximum absolute atomic E-state index is 14.6. The summed E-state index contributed by atoms with van der Waals surface area (Å²) >= 11 is 0. The van der Waals surface area contributed by atoms with Gasteiger partial charge in [-0.1, -0.05) is 24.6 Å². The van der Waals surface area contributed by atoms with Crippen LogP contribution in [-0.2, 0) is 4.79 Å². The Morgan fingerprint density at radius 1 is 1.00 bits per heavy atom. The van der Waals surface area contributed by atoms with Crippen molar-refractivity contribution in [2.75, 3.05) is 0 Å². The van der Waals surface area contributed by atoms with Gasteiger partial charge < -0.3 is 10.6 Å². The molecule has 0 bridgehead atoms. The molecular weight excluding hydrogens is 374 g/mol. The van der Waals surface area contributed by atoms with Crippen LogP contribution < -0.4 is 10.6 Å². The molecule has 2 aromatic carbocycles. The predicted molar refractivity (Wildman–Crippen MR) is 108 cm³/mol. The maximum Gasteiger partial charge on any atom is 0.254 e. The summed E-state index contributed by atoms with van der Waals surface area (Å²) in [6.45, 7) is 3.83. The zero-order valence-electron chi connectivity index (χ0n) is 16.7. The number of benzene rings is 2. The molecule has 0 spiro atoms. The highest BCUT2D eigenvalue weighted by atomic mass is 19.1. The normalized spacial score (nSPS) is 19.1. The molecule has 0 heterocycles. The van der Waals surface area contributed by atoms with Crippen LogP contribution in [0.5, 0.6) is 0 Å². The summed E-state index contributed by atoms with van der Waals surface area (Å²) in [5, 5.41) is 5.79. The molecule has 4 nitrogen and oxygen atoms in total. The van der Waals surface area contributed by atoms with Gasteiger partial charge in [-0.05, 0) is 68.5 Å². The second kappa shape index (κ2) is 9.16. The highest BCUT2D eigenvalue weighted by molar-refractivity contribution is 5.95. The second-order valence-electron chi connectivity index (χ2n) is 7.90. The fraction of sp³-hybridized carbons (Fsp3) is 0.391. The van der Waals surface area contributed by atoms with E-state index in [4.69, 9.17) is 0 Å². The fourth-order valence-electron chi connectivity index (χ4n) is 3.75. The topological polar surface area (TPSA) is 58.2 Å². The van der Waals surface area contributed by atoms with Gasteiger partial charge in [-0.15, -0.1) is 0 Å². The van der Waals surface area contributed by atoms with Gasteiger partial charge >= 0.3 is 0 Å². The summed E-state index contributed by atoms with van der Waals surface area (Å²) in [5.74, 6) is -1.61. The van der Waals surface area contributed by atoms with Crippen LogP contribution in [0.4, 0.5) is 8.78 Å². The van der Waals surface area contributed by atoms with Crippen molar-refractivity contribution in [1.82, 2.24) is 10.6 Å². The summed E-state index contributed by atoms with van der Waals surface area (Å²) < 4.78 is 27.6. The van der Waals surface area contributed by atoms with E-state index in [1.165, 1.54) is 24.3 Å². The van der Waals surface area contributed by atoms with Crippen molar-refractivity contribution in [2.45, 2.75) is 51.6 Å². The van der Waals surface area contributed by atoms with Gasteiger partial charge in [0.2, 0.25) is 5.91 Å². The van der Waals surface area contributed by atoms with E-state index in [9.17, 15) is 18.4 Å². The number of rotatable bonds is 5. The van der Waals surface area contributed by atoms with Gasteiger partial charge in [-0.25, -0.2) is 8.78 Å². The maximum atomic E-state index is 14.6. The number of carbonyl (C=O) groups is 2. The third-order valence-electron chi connectivity index (χ3n) is 5.20. The van der Waals surface area contributed by atoms with E-state index in [1.807, 2.05) is 13.8 Å². The monoisotopic (exact) mass is 400 g/mol. The zero-order chi connectivity index (χ0) is 21.0. The molecular formula is C23H26F2N2O2. The second-order valence-corrected chi connectivity index (χ2v) is 7.90. The van der Waals surface area contributed by atoms with E-state index < -0.39 is 11.7 Å². The van der Waals surface area contributed by atoms with Gasteiger partial charge in [0.05, 0.1) is 5.56 Å². The van der Waals surface area contributed by atoms with Gasteiger partial charge in [0, 0.05) is 18.0 Å². The minimum absolute atomic E-state index is 0.00813. The Bertz CT molecular complexity index is 881. The average molecular weight is 400 g/mol. The van der Waals surface area contributed by atoms with E-state index in [-0.39, 0.29) is 35.3 Å². The molecule has 29 heavy (non-hydrogen) atoms. The molecule has 2 atom stereocenters. The first-order valence-electron chi connectivity index (χ1n) is 10.00. The zero-order valence-corrected chi connectivity index (χ0v) is 16.7. The molecule has 0 aliphatic heterocycles. The van der Waals surface area contributed by atoms with Crippen LogP contribution in [0.2, 0.25) is 0 Å². The standard InChI is InChI=1S/C23H26F2N2O2/c1-14(2)26-22(28)17-4-3-5-19(12-17)27-23(29)20-11-8-16(13-21(20)25)15-6-9-18(24)10-7-15/h6-11,13-14,17,19H,3-5,12H2,1-2H3,(H,26,28)(H,27,29). The summed E-state index contributed by atoms with van der Waals surface area (Å²) in [6.07, 6.45) is 2.96. The minimum Gasteiger partial charge on any atom is -0.354 e. The van der Waals surface area contributed by atoms with Crippen molar-refractivity contribution >= 4 is 11.8 Å². The first-order valence-corrected chi connectivity index (χ1v) is 10.00. The lowest BCUT2D eigenvalue weighted by molar-refractivity contribution is -0.126. The van der Waals surface area contributed by atoms with Crippen LogP contribution in [0.15, 0.2) is 42.5 Å². The van der Waals surface area contributed by atoms with Gasteiger partial charge in [0.25, 0.3) is 5.91 Å². The Kier molecular flexibility index (Phi) is 6.62. The predicted octanol–water partition coefficient (Wildman–Crippen LogP) is 4.45. The number of carbonyl (C=O) groups excluding carboxylic acids is 2. The molecule has 1 fully saturated rings. The number of amides is 2. The SMILES string of the molecule is CC(C)NC(=O)C1CCCC(NC(=O)c2ccc(-c3ccc(F)cc3)cc2F)C1. The van der Waals surface area contributed by atoms with E-state index >= 15 is 0 Å². The summed E-state index contributed by atoms with van der Waals surface area (Å²) in [5.41, 5.74) is 1.20. The third kappa shape index (κ3) is 5.40. The number of nitrogens with one attached hydrogen (secondary N) is 2. The van der Waals surface area contributed by atoms with E-state index in [0.717, 1.165) is 19.3 Å². The molecule has 6 heteroatoms. The van der Waals surface area contributed by atoms with Crippen LogP contribution in [-0.4, -0.2) is 23.9 Å². The Balaban J connectivity index is 1.66. The molecule has 1 aliphatic rings. The van der Waals surface area contributed by atoms with Gasteiger partial charge in [-0.2, -0.15) is 0 Å². The first-order chi connectivity index (χ1) is 13.8. The van der Waals surface area contributed by atoms with Crippen molar-refractivity contribution in [1.29, 1.82) is 0 Å². The summed E-state index contributed by atoms with van der Waals surface area (Å²) in [7, 11) is 0. The van der Waals surface area contributed by atoms with Crippen LogP contribution in [0.1, 0.15) is 49.9 Å². The Morgan fingerprint density at radius 2 is 1.69 bits per heavy atom. The average Bonchev–Trinajstić information content (AvgIpc) is 2.68. The molecule has 2 N–H and O–H groups in total. The number of hydrogen-bond donors (Lipinski definition) is 2. The Labute approximate surface area is 169 Å². The van der Waals surface area contributed by atoms with Crippen molar-refractivity contribution in [3.63, 3.8) is 0 Å². The summed E-state index contributed by atoms with van der Waals surface area (Å²) in [4.78, 5) is 24.8. The van der Waals surface area contributed by atoms with Crippen LogP contribution in [0, 0.1) is 17.6 Å². The van der Waals surface area contributed by atoms with E-state index in [1.54, 1.807) is 18.2 Å². The van der Waals surface area contributed by atoms with Gasteiger partial charge in [-0.3, -0.25) is 9.59 Å². The minimum atomic E-state index is -0.630. The van der Waals surface area contributed by atoms with Crippen molar-refractivity contribution in [3.05, 3.63) is 59.7 Å². The number of halogens is 2. The largest absolute Gasteiger partial charge is 0.354 e. The van der Waals surface area contributed by atoms with E-state index in [0.29, 0.717) is 17.5 Å².